The van der Waals surface area contributed by atoms with E-state index in [0.717, 1.165) is 23.6 Å². The summed E-state index contributed by atoms with van der Waals surface area (Å²) in [7, 11) is 1.12. The maximum absolute atomic E-state index is 15.3. The number of aromatic nitrogens is 1. The van der Waals surface area contributed by atoms with Crippen molar-refractivity contribution in [2.24, 2.45) is 0 Å². The van der Waals surface area contributed by atoms with Gasteiger partial charge in [0, 0.05) is 35.0 Å². The minimum Gasteiger partial charge on any atom is -0.451 e. The van der Waals surface area contributed by atoms with E-state index in [-0.39, 0.29) is 42.5 Å². The Bertz CT molecular complexity index is 1570. The third-order valence-corrected chi connectivity index (χ3v) is 8.20. The average molecular weight is 572 g/mol. The molecule has 0 saturated carbocycles. The highest BCUT2D eigenvalue weighted by Crippen LogP contribution is 2.45. The molecule has 1 aromatic heterocycles. The van der Waals surface area contributed by atoms with Crippen molar-refractivity contribution in [3.63, 3.8) is 0 Å². The van der Waals surface area contributed by atoms with Gasteiger partial charge < -0.3 is 23.8 Å². The van der Waals surface area contributed by atoms with Gasteiger partial charge in [-0.2, -0.15) is 0 Å². The van der Waals surface area contributed by atoms with Crippen molar-refractivity contribution in [3.8, 4) is 5.75 Å². The molecule has 0 spiro atoms. The first-order valence-electron chi connectivity index (χ1n) is 12.4. The van der Waals surface area contributed by atoms with Crippen LogP contribution in [0.25, 0.3) is 0 Å². The van der Waals surface area contributed by atoms with E-state index in [9.17, 15) is 18.8 Å². The first-order valence-corrected chi connectivity index (χ1v) is 13.3. The molecule has 40 heavy (non-hydrogen) atoms. The zero-order valence-corrected chi connectivity index (χ0v) is 22.0. The van der Waals surface area contributed by atoms with E-state index < -0.39 is 48.1 Å². The molecule has 0 bridgehead atoms. The Morgan fingerprint density at radius 3 is 2.77 bits per heavy atom. The molecule has 0 radical (unpaired) electrons. The van der Waals surface area contributed by atoms with E-state index in [2.05, 4.69) is 4.74 Å². The molecule has 0 aliphatic carbocycles. The van der Waals surface area contributed by atoms with Crippen molar-refractivity contribution in [2.45, 2.75) is 22.9 Å². The van der Waals surface area contributed by atoms with Crippen LogP contribution < -0.4 is 15.2 Å². The van der Waals surface area contributed by atoms with E-state index in [1.807, 2.05) is 29.3 Å². The van der Waals surface area contributed by atoms with Crippen LogP contribution in [0.3, 0.4) is 0 Å². The molecule has 1 fully saturated rings. The fourth-order valence-electron chi connectivity index (χ4n) is 5.31. The zero-order valence-electron chi connectivity index (χ0n) is 21.2. The molecule has 1 saturated heterocycles. The SMILES string of the molecule is COC(=O)OCOc1c2n(ccc1=O)N(C1c3ccccc3SCc3c1ccc(F)c3F)C1COCCN1C2=O. The number of thioether (sulfide) groups is 1. The largest absolute Gasteiger partial charge is 0.510 e. The highest BCUT2D eigenvalue weighted by Gasteiger charge is 2.46. The van der Waals surface area contributed by atoms with Crippen LogP contribution in [0.15, 0.2) is 58.4 Å². The lowest BCUT2D eigenvalue weighted by Gasteiger charge is -2.51. The van der Waals surface area contributed by atoms with Crippen LogP contribution in [0.5, 0.6) is 5.75 Å². The molecule has 0 N–H and O–H groups in total. The summed E-state index contributed by atoms with van der Waals surface area (Å²) in [4.78, 5) is 40.6. The van der Waals surface area contributed by atoms with Crippen molar-refractivity contribution in [2.75, 3.05) is 38.7 Å². The first-order chi connectivity index (χ1) is 19.4. The van der Waals surface area contributed by atoms with E-state index in [4.69, 9.17) is 14.2 Å². The van der Waals surface area contributed by atoms with Crippen LogP contribution in [0, 0.1) is 11.6 Å². The van der Waals surface area contributed by atoms with Crippen molar-refractivity contribution in [1.29, 1.82) is 0 Å². The molecular formula is C27H23F2N3O7S. The highest BCUT2D eigenvalue weighted by molar-refractivity contribution is 7.98. The molecule has 2 atom stereocenters. The Morgan fingerprint density at radius 2 is 1.95 bits per heavy atom. The van der Waals surface area contributed by atoms with E-state index in [1.54, 1.807) is 11.0 Å². The van der Waals surface area contributed by atoms with Gasteiger partial charge in [-0.3, -0.25) is 19.3 Å². The molecule has 3 aliphatic rings. The number of pyridine rings is 1. The van der Waals surface area contributed by atoms with Gasteiger partial charge in [-0.15, -0.1) is 11.8 Å². The average Bonchev–Trinajstić information content (AvgIpc) is 3.13. The Morgan fingerprint density at radius 1 is 1.12 bits per heavy atom. The summed E-state index contributed by atoms with van der Waals surface area (Å²) < 4.78 is 51.7. The lowest BCUT2D eigenvalue weighted by molar-refractivity contribution is -0.0209. The second-order valence-electron chi connectivity index (χ2n) is 9.16. The second-order valence-corrected chi connectivity index (χ2v) is 10.2. The van der Waals surface area contributed by atoms with Crippen molar-refractivity contribution < 1.29 is 37.3 Å². The third-order valence-electron chi connectivity index (χ3n) is 7.08. The van der Waals surface area contributed by atoms with Crippen LogP contribution in [0.2, 0.25) is 0 Å². The highest BCUT2D eigenvalue weighted by atomic mass is 32.2. The Hall–Kier alpha value is -4.10. The summed E-state index contributed by atoms with van der Waals surface area (Å²) in [6.07, 6.45) is -0.238. The quantitative estimate of drug-likeness (QED) is 0.345. The topological polar surface area (TPSA) is 99.5 Å². The summed E-state index contributed by atoms with van der Waals surface area (Å²) in [6.45, 7) is -0.0595. The predicted molar refractivity (Wildman–Crippen MR) is 138 cm³/mol. The molecule has 2 unspecified atom stereocenters. The molecule has 13 heteroatoms. The predicted octanol–water partition coefficient (Wildman–Crippen LogP) is 3.39. The molecular weight excluding hydrogens is 548 g/mol. The number of nitrogens with zero attached hydrogens (tertiary/aromatic N) is 3. The van der Waals surface area contributed by atoms with Gasteiger partial charge in [0.25, 0.3) is 5.91 Å². The Kier molecular flexibility index (Phi) is 6.84. The maximum Gasteiger partial charge on any atom is 0.510 e. The van der Waals surface area contributed by atoms with Crippen LogP contribution in [-0.2, 0) is 20.0 Å². The minimum absolute atomic E-state index is 0.0994. The number of amides is 1. The Balaban J connectivity index is 1.58. The van der Waals surface area contributed by atoms with Crippen molar-refractivity contribution >= 4 is 23.8 Å². The van der Waals surface area contributed by atoms with Crippen LogP contribution in [0.4, 0.5) is 13.6 Å². The van der Waals surface area contributed by atoms with Gasteiger partial charge in [0.15, 0.2) is 17.3 Å². The van der Waals surface area contributed by atoms with Gasteiger partial charge in [-0.05, 0) is 23.3 Å². The monoisotopic (exact) mass is 571 g/mol. The molecule has 6 rings (SSSR count). The van der Waals surface area contributed by atoms with Crippen LogP contribution in [-0.4, -0.2) is 61.5 Å². The standard InChI is InChI=1S/C27H23F2N3O7S/c1-36-27(35)39-14-38-25-19(33)8-9-31-24(25)26(34)30-10-11-37-12-21(30)32(31)23-15-6-7-18(28)22(29)17(15)13-40-20-5-3-2-4-16(20)23/h2-9,21,23H,10-14H2,1H3. The number of benzene rings is 2. The number of fused-ring (bicyclic) bond motifs is 4. The number of hydrogen-bond donors (Lipinski definition) is 0. The number of carbonyl (C=O) groups is 2. The smallest absolute Gasteiger partial charge is 0.451 e. The van der Waals surface area contributed by atoms with Gasteiger partial charge in [-0.1, -0.05) is 24.3 Å². The summed E-state index contributed by atoms with van der Waals surface area (Å²) in [5.74, 6) is -2.51. The normalized spacial score (nSPS) is 19.5. The number of morpholine rings is 1. The number of carbonyl (C=O) groups excluding carboxylic acids is 2. The van der Waals surface area contributed by atoms with Crippen LogP contribution in [0.1, 0.15) is 33.2 Å². The number of hydrogen-bond acceptors (Lipinski definition) is 9. The van der Waals surface area contributed by atoms with E-state index in [1.165, 1.54) is 28.7 Å². The lowest BCUT2D eigenvalue weighted by atomic mass is 9.93. The van der Waals surface area contributed by atoms with Gasteiger partial charge in [0.05, 0.1) is 26.4 Å². The molecule has 3 aromatic rings. The summed E-state index contributed by atoms with van der Waals surface area (Å²) in [6, 6.07) is 10.7. The molecule has 208 valence electrons. The summed E-state index contributed by atoms with van der Waals surface area (Å²) >= 11 is 1.39. The molecule has 10 nitrogen and oxygen atoms in total. The number of halogens is 2. The van der Waals surface area contributed by atoms with E-state index >= 15 is 4.39 Å². The summed E-state index contributed by atoms with van der Waals surface area (Å²) in [5, 5.41) is 1.82. The summed E-state index contributed by atoms with van der Waals surface area (Å²) in [5.41, 5.74) is 0.815. The third kappa shape index (κ3) is 4.25. The Labute approximate surface area is 230 Å². The van der Waals surface area contributed by atoms with Crippen LogP contribution >= 0.6 is 11.8 Å². The van der Waals surface area contributed by atoms with Gasteiger partial charge >= 0.3 is 6.16 Å². The minimum atomic E-state index is -1.02. The number of ether oxygens (including phenoxy) is 4. The maximum atomic E-state index is 15.3. The number of rotatable bonds is 4. The lowest BCUT2D eigenvalue weighted by Crippen LogP contribution is -2.66. The van der Waals surface area contributed by atoms with E-state index in [0.29, 0.717) is 5.56 Å². The molecule has 2 aromatic carbocycles. The van der Waals surface area contributed by atoms with Gasteiger partial charge in [0.2, 0.25) is 18.0 Å². The van der Waals surface area contributed by atoms with Gasteiger partial charge in [-0.25, -0.2) is 13.6 Å². The van der Waals surface area contributed by atoms with Crippen molar-refractivity contribution in [3.05, 3.63) is 92.9 Å². The van der Waals surface area contributed by atoms with Crippen molar-refractivity contribution in [1.82, 2.24) is 9.58 Å². The molecule has 3 aliphatic heterocycles. The first kappa shape index (κ1) is 26.1. The molecule has 1 amide bonds. The number of methoxy groups -OCH3 is 1. The second kappa shape index (κ2) is 10.5. The zero-order chi connectivity index (χ0) is 28.0. The van der Waals surface area contributed by atoms with Gasteiger partial charge in [0.1, 0.15) is 6.17 Å². The molecule has 4 heterocycles. The fourth-order valence-corrected chi connectivity index (χ4v) is 6.42. The fraction of sp³-hybridized carbons (Fsp3) is 0.296.